The first kappa shape index (κ1) is 16.2. The van der Waals surface area contributed by atoms with Gasteiger partial charge in [0.1, 0.15) is 11.9 Å². The fraction of sp³-hybridized carbons (Fsp3) is 0.368. The molecule has 3 aromatic rings. The molecule has 3 aliphatic heterocycles. The summed E-state index contributed by atoms with van der Waals surface area (Å²) in [6.45, 7) is 3.54. The first-order chi connectivity index (χ1) is 12.9. The average Bonchev–Trinajstić information content (AvgIpc) is 3.39. The predicted octanol–water partition coefficient (Wildman–Crippen LogP) is 4.54. The number of fused-ring (bicyclic) bond motifs is 3. The maximum Gasteiger partial charge on any atom is 0.196 e. The lowest BCUT2D eigenvalue weighted by Gasteiger charge is -2.44. The maximum atomic E-state index is 6.32. The van der Waals surface area contributed by atoms with Gasteiger partial charge in [-0.2, -0.15) is 0 Å². The number of benzene rings is 1. The van der Waals surface area contributed by atoms with Crippen molar-refractivity contribution in [3.63, 3.8) is 0 Å². The first-order valence-electron chi connectivity index (χ1n) is 8.95. The molecule has 0 spiro atoms. The van der Waals surface area contributed by atoms with Crippen LogP contribution >= 0.6 is 22.7 Å². The van der Waals surface area contributed by atoms with E-state index in [2.05, 4.69) is 44.0 Å². The minimum Gasteiger partial charge on any atom is -0.489 e. The Morgan fingerprint density at radius 3 is 2.12 bits per heavy atom. The largest absolute Gasteiger partial charge is 0.489 e. The molecule has 3 fully saturated rings. The van der Waals surface area contributed by atoms with E-state index < -0.39 is 0 Å². The van der Waals surface area contributed by atoms with Gasteiger partial charge in [0, 0.05) is 29.7 Å². The zero-order valence-electron chi connectivity index (χ0n) is 14.3. The summed E-state index contributed by atoms with van der Waals surface area (Å²) in [7, 11) is 0. The standard InChI is InChI=1S/C19H20N4OS2/c1-3-16(24-17-13-22-9-5-14(17)6-10-22)4-2-15(1)23(18-20-7-11-25-18)19-21-8-12-26-19/h1-4,7-8,11-12,14,17H,5-6,9-10,13H2. The van der Waals surface area contributed by atoms with Crippen LogP contribution in [0.1, 0.15) is 12.8 Å². The molecule has 6 rings (SSSR count). The summed E-state index contributed by atoms with van der Waals surface area (Å²) >= 11 is 3.22. The number of ether oxygens (including phenoxy) is 1. The lowest BCUT2D eigenvalue weighted by molar-refractivity contribution is -0.00775. The van der Waals surface area contributed by atoms with Gasteiger partial charge in [0.15, 0.2) is 10.3 Å². The zero-order chi connectivity index (χ0) is 17.3. The average molecular weight is 385 g/mol. The molecule has 0 amide bonds. The number of rotatable bonds is 5. The van der Waals surface area contributed by atoms with Crippen LogP contribution in [0, 0.1) is 5.92 Å². The highest BCUT2D eigenvalue weighted by Gasteiger charge is 2.35. The van der Waals surface area contributed by atoms with Crippen LogP contribution < -0.4 is 9.64 Å². The highest BCUT2D eigenvalue weighted by Crippen LogP contribution is 2.38. The van der Waals surface area contributed by atoms with Gasteiger partial charge in [-0.25, -0.2) is 9.97 Å². The zero-order valence-corrected chi connectivity index (χ0v) is 16.0. The Labute approximate surface area is 160 Å². The Balaban J connectivity index is 1.37. The molecule has 3 saturated heterocycles. The number of anilines is 3. The first-order valence-corrected chi connectivity index (χ1v) is 10.7. The van der Waals surface area contributed by atoms with Gasteiger partial charge in [0.2, 0.25) is 0 Å². The van der Waals surface area contributed by atoms with Crippen molar-refractivity contribution in [1.29, 1.82) is 0 Å². The fourth-order valence-corrected chi connectivity index (χ4v) is 5.23. The van der Waals surface area contributed by atoms with Crippen molar-refractivity contribution in [2.45, 2.75) is 18.9 Å². The summed E-state index contributed by atoms with van der Waals surface area (Å²) in [4.78, 5) is 13.5. The normalized spacial score (nSPS) is 24.5. The van der Waals surface area contributed by atoms with Crippen LogP contribution in [-0.4, -0.2) is 40.6 Å². The molecule has 5 nitrogen and oxygen atoms in total. The van der Waals surface area contributed by atoms with Crippen LogP contribution in [0.2, 0.25) is 0 Å². The van der Waals surface area contributed by atoms with E-state index in [1.165, 1.54) is 25.9 Å². The van der Waals surface area contributed by atoms with Gasteiger partial charge in [-0.3, -0.25) is 9.80 Å². The van der Waals surface area contributed by atoms with Crippen molar-refractivity contribution < 1.29 is 4.74 Å². The van der Waals surface area contributed by atoms with Crippen molar-refractivity contribution in [2.24, 2.45) is 5.92 Å². The summed E-state index contributed by atoms with van der Waals surface area (Å²) in [5.74, 6) is 1.66. The molecule has 3 aliphatic rings. The van der Waals surface area contributed by atoms with E-state index in [1.807, 2.05) is 23.2 Å². The van der Waals surface area contributed by atoms with Crippen molar-refractivity contribution in [3.05, 3.63) is 47.4 Å². The van der Waals surface area contributed by atoms with E-state index in [9.17, 15) is 0 Å². The molecule has 0 aliphatic carbocycles. The Hall–Kier alpha value is -1.96. The molecule has 1 aromatic carbocycles. The summed E-state index contributed by atoms with van der Waals surface area (Å²) in [6.07, 6.45) is 6.52. The minimum atomic E-state index is 0.331. The minimum absolute atomic E-state index is 0.331. The Kier molecular flexibility index (Phi) is 4.36. The lowest BCUT2D eigenvalue weighted by atomic mass is 9.86. The van der Waals surface area contributed by atoms with Gasteiger partial charge in [0.05, 0.1) is 5.69 Å². The third-order valence-corrected chi connectivity index (χ3v) is 6.71. The molecule has 7 heteroatoms. The van der Waals surface area contributed by atoms with Gasteiger partial charge >= 0.3 is 0 Å². The molecule has 5 heterocycles. The van der Waals surface area contributed by atoms with Gasteiger partial charge < -0.3 is 4.74 Å². The molecule has 1 atom stereocenters. The fourth-order valence-electron chi connectivity index (χ4n) is 3.85. The maximum absolute atomic E-state index is 6.32. The Bertz CT molecular complexity index is 793. The molecule has 2 bridgehead atoms. The van der Waals surface area contributed by atoms with Crippen molar-refractivity contribution in [3.8, 4) is 5.75 Å². The third-order valence-electron chi connectivity index (χ3n) is 5.20. The summed E-state index contributed by atoms with van der Waals surface area (Å²) in [5, 5.41) is 5.82. The van der Waals surface area contributed by atoms with Crippen molar-refractivity contribution in [2.75, 3.05) is 24.5 Å². The van der Waals surface area contributed by atoms with Crippen molar-refractivity contribution >= 4 is 38.6 Å². The van der Waals surface area contributed by atoms with Crippen LogP contribution in [0.25, 0.3) is 0 Å². The quantitative estimate of drug-likeness (QED) is 0.646. The molecule has 134 valence electrons. The van der Waals surface area contributed by atoms with E-state index in [0.29, 0.717) is 12.0 Å². The number of piperidine rings is 3. The summed E-state index contributed by atoms with van der Waals surface area (Å²) < 4.78 is 6.32. The van der Waals surface area contributed by atoms with Gasteiger partial charge in [-0.15, -0.1) is 22.7 Å². The molecule has 0 radical (unpaired) electrons. The summed E-state index contributed by atoms with van der Waals surface area (Å²) in [6, 6.07) is 8.33. The van der Waals surface area contributed by atoms with E-state index in [4.69, 9.17) is 4.74 Å². The number of nitrogens with zero attached hydrogens (tertiary/aromatic N) is 4. The van der Waals surface area contributed by atoms with E-state index in [1.54, 1.807) is 22.7 Å². The van der Waals surface area contributed by atoms with Gasteiger partial charge in [0.25, 0.3) is 0 Å². The molecule has 1 unspecified atom stereocenters. The lowest BCUT2D eigenvalue weighted by Crippen LogP contribution is -2.52. The second-order valence-electron chi connectivity index (χ2n) is 6.75. The second kappa shape index (κ2) is 6.98. The molecule has 26 heavy (non-hydrogen) atoms. The van der Waals surface area contributed by atoms with Crippen LogP contribution in [0.5, 0.6) is 5.75 Å². The topological polar surface area (TPSA) is 41.5 Å². The highest BCUT2D eigenvalue weighted by molar-refractivity contribution is 7.16. The number of thiazole rings is 2. The number of hydrogen-bond donors (Lipinski definition) is 0. The number of hydrogen-bond acceptors (Lipinski definition) is 7. The monoisotopic (exact) mass is 384 g/mol. The number of aromatic nitrogens is 2. The van der Waals surface area contributed by atoms with E-state index in [0.717, 1.165) is 28.2 Å². The van der Waals surface area contributed by atoms with Crippen molar-refractivity contribution in [1.82, 2.24) is 14.9 Å². The predicted molar refractivity (Wildman–Crippen MR) is 106 cm³/mol. The molecule has 0 saturated carbocycles. The molecular formula is C19H20N4OS2. The second-order valence-corrected chi connectivity index (χ2v) is 8.50. The molecule has 2 aromatic heterocycles. The van der Waals surface area contributed by atoms with Gasteiger partial charge in [-0.05, 0) is 56.1 Å². The molecular weight excluding hydrogens is 364 g/mol. The van der Waals surface area contributed by atoms with E-state index >= 15 is 0 Å². The SMILES string of the molecule is c1csc(N(c2ccc(OC3CN4CCC3CC4)cc2)c2nccs2)n1. The highest BCUT2D eigenvalue weighted by atomic mass is 32.1. The Morgan fingerprint density at radius 2 is 1.62 bits per heavy atom. The van der Waals surface area contributed by atoms with Gasteiger partial charge in [-0.1, -0.05) is 0 Å². The van der Waals surface area contributed by atoms with Crippen LogP contribution in [0.3, 0.4) is 0 Å². The summed E-state index contributed by atoms with van der Waals surface area (Å²) in [5.41, 5.74) is 1.05. The van der Waals surface area contributed by atoms with Crippen LogP contribution in [0.15, 0.2) is 47.4 Å². The van der Waals surface area contributed by atoms with E-state index in [-0.39, 0.29) is 0 Å². The molecule has 0 N–H and O–H groups in total. The Morgan fingerprint density at radius 1 is 0.962 bits per heavy atom. The van der Waals surface area contributed by atoms with Crippen LogP contribution in [-0.2, 0) is 0 Å². The smallest absolute Gasteiger partial charge is 0.196 e. The third kappa shape index (κ3) is 3.11. The van der Waals surface area contributed by atoms with Crippen LogP contribution in [0.4, 0.5) is 16.0 Å².